The second-order valence-electron chi connectivity index (χ2n) is 5.14. The molecule has 0 aliphatic carbocycles. The molecule has 3 nitrogen and oxygen atoms in total. The zero-order valence-corrected chi connectivity index (χ0v) is 15.0. The number of nitrogens with zero attached hydrogens (tertiary/aromatic N) is 1. The predicted molar refractivity (Wildman–Crippen MR) is 102 cm³/mol. The first-order valence-corrected chi connectivity index (χ1v) is 8.27. The van der Waals surface area contributed by atoms with Gasteiger partial charge in [0.25, 0.3) is 0 Å². The number of nitrogens with one attached hydrogen (secondary N) is 1. The van der Waals surface area contributed by atoms with Crippen molar-refractivity contribution in [2.75, 3.05) is 5.43 Å². The van der Waals surface area contributed by atoms with Gasteiger partial charge in [-0.3, -0.25) is 5.43 Å². The molecule has 1 N–H and O–H groups in total. The van der Waals surface area contributed by atoms with Gasteiger partial charge in [0.05, 0.1) is 21.9 Å². The molecule has 1 heterocycles. The largest absolute Gasteiger partial charge is 0.455 e. The molecule has 0 unspecified atom stereocenters. The van der Waals surface area contributed by atoms with Gasteiger partial charge in [0.2, 0.25) is 0 Å². The van der Waals surface area contributed by atoms with Crippen molar-refractivity contribution in [3.05, 3.63) is 74.9 Å². The number of anilines is 1. The molecule has 0 fully saturated rings. The minimum absolute atomic E-state index is 0.462. The van der Waals surface area contributed by atoms with Crippen LogP contribution < -0.4 is 5.43 Å². The first-order chi connectivity index (χ1) is 11.5. The minimum Gasteiger partial charge on any atom is -0.455 e. The fraction of sp³-hybridized carbons (Fsp3) is 0.0556. The highest BCUT2D eigenvalue weighted by Crippen LogP contribution is 2.34. The number of hydrogen-bond donors (Lipinski definition) is 1. The van der Waals surface area contributed by atoms with E-state index in [1.165, 1.54) is 0 Å². The zero-order chi connectivity index (χ0) is 17.1. The van der Waals surface area contributed by atoms with Crippen molar-refractivity contribution >= 4 is 46.7 Å². The Morgan fingerprint density at radius 1 is 1.00 bits per heavy atom. The van der Waals surface area contributed by atoms with E-state index in [0.717, 1.165) is 16.8 Å². The van der Waals surface area contributed by atoms with Crippen molar-refractivity contribution in [2.24, 2.45) is 5.10 Å². The van der Waals surface area contributed by atoms with Gasteiger partial charge in [-0.25, -0.2) is 0 Å². The van der Waals surface area contributed by atoms with Crippen LogP contribution in [-0.2, 0) is 0 Å². The van der Waals surface area contributed by atoms with Crippen molar-refractivity contribution in [3.8, 4) is 11.3 Å². The molecular weight excluding hydrogens is 367 g/mol. The normalized spacial score (nSPS) is 11.2. The first kappa shape index (κ1) is 16.9. The third kappa shape index (κ3) is 3.75. The highest BCUT2D eigenvalue weighted by Gasteiger charge is 2.10. The predicted octanol–water partition coefficient (Wildman–Crippen LogP) is 6.66. The molecule has 0 radical (unpaired) electrons. The summed E-state index contributed by atoms with van der Waals surface area (Å²) in [5, 5.41) is 5.78. The summed E-state index contributed by atoms with van der Waals surface area (Å²) in [4.78, 5) is 0. The monoisotopic (exact) mass is 378 g/mol. The summed E-state index contributed by atoms with van der Waals surface area (Å²) in [5.41, 5.74) is 5.46. The van der Waals surface area contributed by atoms with Gasteiger partial charge in [-0.1, -0.05) is 46.9 Å². The first-order valence-electron chi connectivity index (χ1n) is 7.14. The lowest BCUT2D eigenvalue weighted by Crippen LogP contribution is -1.90. The lowest BCUT2D eigenvalue weighted by atomic mass is 10.2. The summed E-state index contributed by atoms with van der Waals surface area (Å²) in [6, 6.07) is 14.7. The number of hydrazone groups is 1. The molecule has 3 aromatic rings. The molecule has 122 valence electrons. The van der Waals surface area contributed by atoms with E-state index >= 15 is 0 Å². The summed E-state index contributed by atoms with van der Waals surface area (Å²) in [6.45, 7) is 1.95. The van der Waals surface area contributed by atoms with Gasteiger partial charge in [-0.05, 0) is 48.9 Å². The van der Waals surface area contributed by atoms with Crippen LogP contribution in [0.1, 0.15) is 11.3 Å². The number of benzene rings is 2. The lowest BCUT2D eigenvalue weighted by molar-refractivity contribution is 0.575. The van der Waals surface area contributed by atoms with E-state index in [1.807, 2.05) is 43.3 Å². The maximum absolute atomic E-state index is 6.20. The van der Waals surface area contributed by atoms with E-state index in [2.05, 4.69) is 10.5 Å². The molecule has 0 saturated heterocycles. The fourth-order valence-corrected chi connectivity index (χ4v) is 2.67. The molecule has 0 aliphatic rings. The highest BCUT2D eigenvalue weighted by atomic mass is 35.5. The van der Waals surface area contributed by atoms with Crippen LogP contribution in [0.25, 0.3) is 11.3 Å². The fourth-order valence-electron chi connectivity index (χ4n) is 2.09. The van der Waals surface area contributed by atoms with Crippen LogP contribution in [0.3, 0.4) is 0 Å². The van der Waals surface area contributed by atoms with E-state index in [4.69, 9.17) is 39.2 Å². The number of rotatable bonds is 4. The number of furan rings is 1. The van der Waals surface area contributed by atoms with Crippen LogP contribution in [-0.4, -0.2) is 6.21 Å². The molecule has 0 atom stereocenters. The summed E-state index contributed by atoms with van der Waals surface area (Å²) in [7, 11) is 0. The smallest absolute Gasteiger partial charge is 0.147 e. The molecule has 0 spiro atoms. The Bertz CT molecular complexity index is 903. The molecule has 1 aromatic heterocycles. The van der Waals surface area contributed by atoms with E-state index in [9.17, 15) is 0 Å². The number of aryl methyl sites for hydroxylation is 1. The molecule has 24 heavy (non-hydrogen) atoms. The van der Waals surface area contributed by atoms with E-state index in [1.54, 1.807) is 18.3 Å². The number of halogens is 3. The van der Waals surface area contributed by atoms with Crippen LogP contribution in [0, 0.1) is 6.92 Å². The standard InChI is InChI=1S/C18H13Cl3N2O/c1-11-5-6-12(9-16(11)20)23-22-10-13-7-8-17(24-13)14-3-2-4-15(19)18(14)21/h2-10,23H,1H3. The molecule has 0 bridgehead atoms. The maximum atomic E-state index is 6.20. The van der Waals surface area contributed by atoms with Crippen molar-refractivity contribution in [1.82, 2.24) is 0 Å². The van der Waals surface area contributed by atoms with Gasteiger partial charge in [-0.15, -0.1) is 0 Å². The molecule has 3 rings (SSSR count). The second kappa shape index (κ2) is 7.31. The Kier molecular flexibility index (Phi) is 5.14. The molecule has 0 saturated carbocycles. The lowest BCUT2D eigenvalue weighted by Gasteiger charge is -2.02. The SMILES string of the molecule is Cc1ccc(NN=Cc2ccc(-c3cccc(Cl)c3Cl)o2)cc1Cl. The van der Waals surface area contributed by atoms with Crippen molar-refractivity contribution in [1.29, 1.82) is 0 Å². The van der Waals surface area contributed by atoms with Crippen molar-refractivity contribution in [2.45, 2.75) is 6.92 Å². The quantitative estimate of drug-likeness (QED) is 0.406. The number of hydrogen-bond acceptors (Lipinski definition) is 3. The summed E-state index contributed by atoms with van der Waals surface area (Å²) in [5.74, 6) is 1.22. The van der Waals surface area contributed by atoms with Gasteiger partial charge < -0.3 is 4.42 Å². The Morgan fingerprint density at radius 2 is 1.83 bits per heavy atom. The molecule has 6 heteroatoms. The highest BCUT2D eigenvalue weighted by molar-refractivity contribution is 6.43. The van der Waals surface area contributed by atoms with E-state index in [0.29, 0.717) is 26.6 Å². The van der Waals surface area contributed by atoms with Gasteiger partial charge in [-0.2, -0.15) is 5.10 Å². The van der Waals surface area contributed by atoms with Gasteiger partial charge in [0.15, 0.2) is 0 Å². The topological polar surface area (TPSA) is 37.5 Å². The Morgan fingerprint density at radius 3 is 2.62 bits per heavy atom. The van der Waals surface area contributed by atoms with Crippen LogP contribution in [0.5, 0.6) is 0 Å². The van der Waals surface area contributed by atoms with E-state index < -0.39 is 0 Å². The third-order valence-electron chi connectivity index (χ3n) is 3.40. The molecule has 2 aromatic carbocycles. The Balaban J connectivity index is 1.74. The van der Waals surface area contributed by atoms with Crippen molar-refractivity contribution in [3.63, 3.8) is 0 Å². The summed E-state index contributed by atoms with van der Waals surface area (Å²) >= 11 is 18.3. The Hall–Kier alpha value is -1.94. The van der Waals surface area contributed by atoms with Crippen molar-refractivity contribution < 1.29 is 4.42 Å². The average molecular weight is 380 g/mol. The second-order valence-corrected chi connectivity index (χ2v) is 6.33. The van der Waals surface area contributed by atoms with E-state index in [-0.39, 0.29) is 0 Å². The summed E-state index contributed by atoms with van der Waals surface area (Å²) in [6.07, 6.45) is 1.58. The van der Waals surface area contributed by atoms with Crippen LogP contribution >= 0.6 is 34.8 Å². The Labute approximate surface area is 154 Å². The van der Waals surface area contributed by atoms with Crippen LogP contribution in [0.15, 0.2) is 58.0 Å². The van der Waals surface area contributed by atoms with Crippen LogP contribution in [0.2, 0.25) is 15.1 Å². The van der Waals surface area contributed by atoms with Gasteiger partial charge in [0.1, 0.15) is 11.5 Å². The average Bonchev–Trinajstić information content (AvgIpc) is 3.02. The van der Waals surface area contributed by atoms with Gasteiger partial charge >= 0.3 is 0 Å². The zero-order valence-electron chi connectivity index (χ0n) is 12.7. The van der Waals surface area contributed by atoms with Crippen LogP contribution in [0.4, 0.5) is 5.69 Å². The van der Waals surface area contributed by atoms with Gasteiger partial charge in [0, 0.05) is 10.6 Å². The maximum Gasteiger partial charge on any atom is 0.147 e. The molecule has 0 aliphatic heterocycles. The third-order valence-corrected chi connectivity index (χ3v) is 4.63. The minimum atomic E-state index is 0.462. The summed E-state index contributed by atoms with van der Waals surface area (Å²) < 4.78 is 5.73. The molecule has 0 amide bonds. The molecular formula is C18H13Cl3N2O.